The zero-order chi connectivity index (χ0) is 19.9. The minimum atomic E-state index is 0.197. The summed E-state index contributed by atoms with van der Waals surface area (Å²) in [7, 11) is 0. The molecule has 0 radical (unpaired) electrons. The van der Waals surface area contributed by atoms with Crippen molar-refractivity contribution in [1.82, 2.24) is 0 Å². The van der Waals surface area contributed by atoms with Crippen molar-refractivity contribution in [1.29, 1.82) is 0 Å². The highest BCUT2D eigenvalue weighted by molar-refractivity contribution is 5.83. The zero-order valence-corrected chi connectivity index (χ0v) is 16.0. The largest absolute Gasteiger partial charge is 0.507 e. The molecule has 0 heterocycles. The fraction of sp³-hybridized carbons (Fsp3) is 0.364. The Morgan fingerprint density at radius 1 is 0.607 bits per heavy atom. The lowest BCUT2D eigenvalue weighted by Crippen LogP contribution is -1.92. The second-order valence-corrected chi connectivity index (χ2v) is 6.37. The number of hydrogen-bond acceptors (Lipinski definition) is 6. The Kier molecular flexibility index (Phi) is 10.0. The monoisotopic (exact) mass is 384 g/mol. The molecule has 2 rings (SSSR count). The van der Waals surface area contributed by atoms with Gasteiger partial charge in [-0.25, -0.2) is 0 Å². The molecule has 0 saturated carbocycles. The van der Waals surface area contributed by atoms with Crippen molar-refractivity contribution < 1.29 is 19.9 Å². The van der Waals surface area contributed by atoms with E-state index in [1.165, 1.54) is 12.4 Å². The second-order valence-electron chi connectivity index (χ2n) is 6.37. The molecule has 2 aromatic rings. The van der Waals surface area contributed by atoms with Gasteiger partial charge in [-0.15, -0.1) is 0 Å². The molecule has 28 heavy (non-hydrogen) atoms. The molecule has 0 atom stereocenters. The van der Waals surface area contributed by atoms with Crippen LogP contribution in [0.3, 0.4) is 0 Å². The van der Waals surface area contributed by atoms with E-state index < -0.39 is 0 Å². The van der Waals surface area contributed by atoms with E-state index in [1.807, 2.05) is 12.1 Å². The summed E-state index contributed by atoms with van der Waals surface area (Å²) in [5.74, 6) is 0.394. The van der Waals surface area contributed by atoms with E-state index in [0.717, 1.165) is 38.5 Å². The van der Waals surface area contributed by atoms with E-state index in [2.05, 4.69) is 10.3 Å². The van der Waals surface area contributed by atoms with E-state index in [-0.39, 0.29) is 11.5 Å². The Labute approximate surface area is 166 Å². The van der Waals surface area contributed by atoms with E-state index in [9.17, 15) is 10.2 Å². The van der Waals surface area contributed by atoms with Crippen LogP contribution in [0.15, 0.2) is 58.8 Å². The van der Waals surface area contributed by atoms with Gasteiger partial charge in [-0.3, -0.25) is 0 Å². The highest BCUT2D eigenvalue weighted by Crippen LogP contribution is 2.13. The predicted octanol–water partition coefficient (Wildman–Crippen LogP) is 4.84. The van der Waals surface area contributed by atoms with Crippen LogP contribution in [0.5, 0.6) is 11.5 Å². The summed E-state index contributed by atoms with van der Waals surface area (Å²) in [6.07, 6.45) is 9.45. The van der Waals surface area contributed by atoms with Crippen LogP contribution < -0.4 is 0 Å². The third-order valence-corrected chi connectivity index (χ3v) is 4.13. The lowest BCUT2D eigenvalue weighted by molar-refractivity contribution is 0.138. The van der Waals surface area contributed by atoms with Crippen molar-refractivity contribution >= 4 is 12.4 Å². The van der Waals surface area contributed by atoms with Crippen molar-refractivity contribution in [3.05, 3.63) is 59.7 Å². The third kappa shape index (κ3) is 8.58. The van der Waals surface area contributed by atoms with Gasteiger partial charge in [-0.1, -0.05) is 47.4 Å². The molecule has 0 spiro atoms. The second kappa shape index (κ2) is 13.2. The van der Waals surface area contributed by atoms with E-state index in [4.69, 9.17) is 9.68 Å². The number of para-hydroxylation sites is 2. The molecule has 6 nitrogen and oxygen atoms in total. The van der Waals surface area contributed by atoms with E-state index in [1.54, 1.807) is 36.4 Å². The van der Waals surface area contributed by atoms with Crippen molar-refractivity contribution in [2.75, 3.05) is 13.2 Å². The van der Waals surface area contributed by atoms with Gasteiger partial charge in [-0.2, -0.15) is 0 Å². The summed E-state index contributed by atoms with van der Waals surface area (Å²) in [6, 6.07) is 14.0. The van der Waals surface area contributed by atoms with Gasteiger partial charge in [-0.05, 0) is 49.9 Å². The Morgan fingerprint density at radius 3 is 1.43 bits per heavy atom. The molecule has 2 N–H and O–H groups in total. The number of rotatable bonds is 13. The lowest BCUT2D eigenvalue weighted by atomic mass is 10.1. The minimum absolute atomic E-state index is 0.197. The molecule has 2 aromatic carbocycles. The van der Waals surface area contributed by atoms with Gasteiger partial charge in [0.1, 0.15) is 24.7 Å². The number of benzene rings is 2. The highest BCUT2D eigenvalue weighted by atomic mass is 16.6. The van der Waals surface area contributed by atoms with Crippen LogP contribution in [-0.4, -0.2) is 35.9 Å². The standard InChI is InChI=1S/C22H28N2O4/c25-21-13-7-5-11-19(21)17-23-27-15-9-3-1-2-4-10-16-28-24-18-20-12-6-8-14-22(20)26/h5-8,11-14,17-18,25-26H,1-4,9-10,15-16H2/b23-17+,24-18+. The fourth-order valence-corrected chi connectivity index (χ4v) is 2.53. The summed E-state index contributed by atoms with van der Waals surface area (Å²) in [5, 5.41) is 26.9. The molecule has 0 bridgehead atoms. The van der Waals surface area contributed by atoms with Gasteiger partial charge in [0.2, 0.25) is 0 Å². The van der Waals surface area contributed by atoms with Crippen molar-refractivity contribution in [3.8, 4) is 11.5 Å². The van der Waals surface area contributed by atoms with Crippen LogP contribution in [0.25, 0.3) is 0 Å². The van der Waals surface area contributed by atoms with Crippen LogP contribution >= 0.6 is 0 Å². The SMILES string of the molecule is Oc1ccccc1/C=N/OCCCCCCCCO/N=C/c1ccccc1O. The normalized spacial score (nSPS) is 11.3. The van der Waals surface area contributed by atoms with E-state index >= 15 is 0 Å². The molecule has 0 fully saturated rings. The zero-order valence-electron chi connectivity index (χ0n) is 16.0. The molecule has 0 aromatic heterocycles. The van der Waals surface area contributed by atoms with E-state index in [0.29, 0.717) is 24.3 Å². The Hall–Kier alpha value is -3.02. The number of unbranched alkanes of at least 4 members (excludes halogenated alkanes) is 5. The van der Waals surface area contributed by atoms with Crippen molar-refractivity contribution in [2.24, 2.45) is 10.3 Å². The van der Waals surface area contributed by atoms with Gasteiger partial charge in [0, 0.05) is 11.1 Å². The van der Waals surface area contributed by atoms with Gasteiger partial charge in [0.05, 0.1) is 12.4 Å². The number of phenols is 2. The molecular formula is C22H28N2O4. The molecule has 0 unspecified atom stereocenters. The van der Waals surface area contributed by atoms with Crippen LogP contribution in [-0.2, 0) is 9.68 Å². The average molecular weight is 384 g/mol. The average Bonchev–Trinajstić information content (AvgIpc) is 2.71. The summed E-state index contributed by atoms with van der Waals surface area (Å²) < 4.78 is 0. The predicted molar refractivity (Wildman–Crippen MR) is 111 cm³/mol. The number of hydrogen-bond donors (Lipinski definition) is 2. The highest BCUT2D eigenvalue weighted by Gasteiger charge is 1.96. The molecule has 0 aliphatic heterocycles. The number of oxime groups is 2. The van der Waals surface area contributed by atoms with Gasteiger partial charge >= 0.3 is 0 Å². The summed E-state index contributed by atoms with van der Waals surface area (Å²) in [4.78, 5) is 10.4. The van der Waals surface area contributed by atoms with Crippen molar-refractivity contribution in [3.63, 3.8) is 0 Å². The van der Waals surface area contributed by atoms with Crippen LogP contribution in [0.2, 0.25) is 0 Å². The Morgan fingerprint density at radius 2 is 1.00 bits per heavy atom. The Bertz CT molecular complexity index is 683. The summed E-state index contributed by atoms with van der Waals surface area (Å²) in [6.45, 7) is 1.16. The quantitative estimate of drug-likeness (QED) is 0.294. The maximum absolute atomic E-state index is 9.59. The molecular weight excluding hydrogens is 356 g/mol. The fourth-order valence-electron chi connectivity index (χ4n) is 2.53. The minimum Gasteiger partial charge on any atom is -0.507 e. The summed E-state index contributed by atoms with van der Waals surface area (Å²) >= 11 is 0. The maximum atomic E-state index is 9.59. The molecule has 6 heteroatoms. The van der Waals surface area contributed by atoms with Gasteiger partial charge < -0.3 is 19.9 Å². The Balaban J connectivity index is 1.40. The first-order chi connectivity index (χ1) is 13.8. The van der Waals surface area contributed by atoms with Crippen LogP contribution in [0.1, 0.15) is 49.7 Å². The number of aromatic hydroxyl groups is 2. The maximum Gasteiger partial charge on any atom is 0.124 e. The van der Waals surface area contributed by atoms with Crippen LogP contribution in [0.4, 0.5) is 0 Å². The van der Waals surface area contributed by atoms with Gasteiger partial charge in [0.15, 0.2) is 0 Å². The van der Waals surface area contributed by atoms with Crippen LogP contribution in [0, 0.1) is 0 Å². The molecule has 0 aliphatic carbocycles. The lowest BCUT2D eigenvalue weighted by Gasteiger charge is -2.02. The van der Waals surface area contributed by atoms with Gasteiger partial charge in [0.25, 0.3) is 0 Å². The molecule has 0 amide bonds. The smallest absolute Gasteiger partial charge is 0.124 e. The molecule has 0 aliphatic rings. The first kappa shape index (κ1) is 21.3. The summed E-state index contributed by atoms with van der Waals surface area (Å²) in [5.41, 5.74) is 1.30. The first-order valence-electron chi connectivity index (χ1n) is 9.64. The number of nitrogens with zero attached hydrogens (tertiary/aromatic N) is 2. The first-order valence-corrected chi connectivity index (χ1v) is 9.64. The number of phenolic OH excluding ortho intramolecular Hbond substituents is 2. The molecule has 150 valence electrons. The molecule has 0 saturated heterocycles. The topological polar surface area (TPSA) is 83.6 Å². The third-order valence-electron chi connectivity index (χ3n) is 4.13. The van der Waals surface area contributed by atoms with Crippen molar-refractivity contribution in [2.45, 2.75) is 38.5 Å².